The molecule has 0 fully saturated rings. The van der Waals surface area contributed by atoms with Crippen LogP contribution in [0.3, 0.4) is 0 Å². The van der Waals surface area contributed by atoms with E-state index in [1.807, 2.05) is 42.5 Å². The zero-order chi connectivity index (χ0) is 33.1. The molecule has 230 valence electrons. The lowest BCUT2D eigenvalue weighted by molar-refractivity contribution is 0.718. The lowest BCUT2D eigenvalue weighted by Crippen LogP contribution is -2.06. The van der Waals surface area contributed by atoms with Gasteiger partial charge in [-0.3, -0.25) is 0 Å². The Morgan fingerprint density at radius 3 is 2.06 bits per heavy atom. The molecule has 0 saturated heterocycles. The molecular formula is C45H30N4. The van der Waals surface area contributed by atoms with E-state index in [4.69, 9.17) is 0 Å². The quantitative estimate of drug-likeness (QED) is 0.195. The van der Waals surface area contributed by atoms with Crippen molar-refractivity contribution >= 4 is 38.8 Å². The summed E-state index contributed by atoms with van der Waals surface area (Å²) < 4.78 is 4.55. The van der Waals surface area contributed by atoms with E-state index in [1.165, 1.54) is 22.2 Å². The van der Waals surface area contributed by atoms with Gasteiger partial charge in [-0.05, 0) is 95.3 Å². The third-order valence-corrected chi connectivity index (χ3v) is 9.94. The maximum atomic E-state index is 10.7. The number of fused-ring (bicyclic) bond motifs is 6. The molecule has 1 aliphatic carbocycles. The van der Waals surface area contributed by atoms with Gasteiger partial charge in [0.05, 0.1) is 45.1 Å². The smallest absolute Gasteiger partial charge is 0.101 e. The Kier molecular flexibility index (Phi) is 6.57. The van der Waals surface area contributed by atoms with Gasteiger partial charge < -0.3 is 9.13 Å². The second-order valence-electron chi connectivity index (χ2n) is 12.9. The second kappa shape index (κ2) is 11.3. The molecule has 2 heterocycles. The van der Waals surface area contributed by atoms with Crippen LogP contribution < -0.4 is 0 Å². The zero-order valence-corrected chi connectivity index (χ0v) is 26.9. The van der Waals surface area contributed by atoms with E-state index < -0.39 is 0 Å². The fourth-order valence-corrected chi connectivity index (χ4v) is 7.68. The summed E-state index contributed by atoms with van der Waals surface area (Å²) in [4.78, 5) is 0. The van der Waals surface area contributed by atoms with Crippen molar-refractivity contribution in [2.24, 2.45) is 5.92 Å². The van der Waals surface area contributed by atoms with Gasteiger partial charge in [-0.25, -0.2) is 0 Å². The van der Waals surface area contributed by atoms with Crippen LogP contribution >= 0.6 is 0 Å². The van der Waals surface area contributed by atoms with Crippen LogP contribution in [-0.4, -0.2) is 9.13 Å². The third-order valence-electron chi connectivity index (χ3n) is 9.94. The van der Waals surface area contributed by atoms with Crippen molar-refractivity contribution in [2.75, 3.05) is 0 Å². The molecule has 0 amide bonds. The first-order valence-electron chi connectivity index (χ1n) is 16.6. The molecule has 49 heavy (non-hydrogen) atoms. The summed E-state index contributed by atoms with van der Waals surface area (Å²) in [5.74, 6) is 0.477. The third kappa shape index (κ3) is 4.50. The van der Waals surface area contributed by atoms with Crippen LogP contribution in [0.25, 0.3) is 72.4 Å². The number of hydrogen-bond acceptors (Lipinski definition) is 2. The maximum absolute atomic E-state index is 10.7. The molecular weight excluding hydrogens is 597 g/mol. The van der Waals surface area contributed by atoms with E-state index in [0.29, 0.717) is 17.0 Å². The molecule has 8 aromatic rings. The van der Waals surface area contributed by atoms with Crippen LogP contribution in [0.15, 0.2) is 140 Å². The van der Waals surface area contributed by atoms with Crippen molar-refractivity contribution in [1.29, 1.82) is 10.5 Å². The molecule has 2 aromatic heterocycles. The van der Waals surface area contributed by atoms with Crippen LogP contribution in [0.4, 0.5) is 0 Å². The molecule has 0 radical (unpaired) electrons. The Morgan fingerprint density at radius 1 is 0.571 bits per heavy atom. The zero-order valence-electron chi connectivity index (χ0n) is 26.9. The van der Waals surface area contributed by atoms with Crippen molar-refractivity contribution in [2.45, 2.75) is 13.3 Å². The summed E-state index contributed by atoms with van der Waals surface area (Å²) in [5.41, 5.74) is 13.1. The normalized spacial score (nSPS) is 13.8. The minimum Gasteiger partial charge on any atom is -0.309 e. The van der Waals surface area contributed by atoms with Crippen LogP contribution in [0.5, 0.6) is 0 Å². The molecule has 0 aliphatic heterocycles. The monoisotopic (exact) mass is 626 g/mol. The van der Waals surface area contributed by atoms with Crippen molar-refractivity contribution in [3.05, 3.63) is 162 Å². The maximum Gasteiger partial charge on any atom is 0.101 e. The van der Waals surface area contributed by atoms with E-state index in [9.17, 15) is 10.5 Å². The predicted molar refractivity (Wildman–Crippen MR) is 200 cm³/mol. The number of rotatable bonds is 4. The van der Waals surface area contributed by atoms with Gasteiger partial charge in [0.25, 0.3) is 0 Å². The largest absolute Gasteiger partial charge is 0.309 e. The molecule has 4 heteroatoms. The highest BCUT2D eigenvalue weighted by molar-refractivity contribution is 6.10. The van der Waals surface area contributed by atoms with Crippen LogP contribution in [0.2, 0.25) is 0 Å². The van der Waals surface area contributed by atoms with Crippen LogP contribution in [0.1, 0.15) is 29.3 Å². The topological polar surface area (TPSA) is 57.4 Å². The van der Waals surface area contributed by atoms with Gasteiger partial charge >= 0.3 is 0 Å². The van der Waals surface area contributed by atoms with E-state index in [0.717, 1.165) is 61.9 Å². The Morgan fingerprint density at radius 2 is 1.27 bits per heavy atom. The number of hydrogen-bond donors (Lipinski definition) is 0. The minimum absolute atomic E-state index is 0.477. The highest BCUT2D eigenvalue weighted by Gasteiger charge is 2.23. The number of aromatic nitrogens is 2. The lowest BCUT2D eigenvalue weighted by atomic mass is 9.93. The molecule has 9 rings (SSSR count). The van der Waals surface area contributed by atoms with Crippen molar-refractivity contribution < 1.29 is 0 Å². The summed E-state index contributed by atoms with van der Waals surface area (Å²) in [6.07, 6.45) is 5.59. The van der Waals surface area contributed by atoms with Gasteiger partial charge in [-0.2, -0.15) is 10.5 Å². The van der Waals surface area contributed by atoms with E-state index in [-0.39, 0.29) is 0 Å². The standard InChI is InChI=1S/C45H30N4/c1-29-15-19-44-38(23-29)35-11-5-8-14-42(35)49(44)43-22-17-32(31-9-3-2-4-10-31)26-37(43)33-18-21-40(34(25-33)28-47)48-41-13-7-6-12-36(41)39-24-30(27-46)16-20-45(39)48/h2-22,24-26,29H,23H2,1H3. The Labute approximate surface area is 284 Å². The van der Waals surface area contributed by atoms with Gasteiger partial charge in [0.1, 0.15) is 6.07 Å². The molecule has 1 atom stereocenters. The highest BCUT2D eigenvalue weighted by atomic mass is 15.0. The van der Waals surface area contributed by atoms with Crippen molar-refractivity contribution in [3.63, 3.8) is 0 Å². The summed E-state index contributed by atoms with van der Waals surface area (Å²) >= 11 is 0. The van der Waals surface area contributed by atoms with Gasteiger partial charge in [0, 0.05) is 27.4 Å². The molecule has 1 aliphatic rings. The van der Waals surface area contributed by atoms with Crippen molar-refractivity contribution in [3.8, 4) is 45.8 Å². The van der Waals surface area contributed by atoms with Crippen LogP contribution in [0, 0.1) is 28.6 Å². The van der Waals surface area contributed by atoms with Crippen molar-refractivity contribution in [1.82, 2.24) is 9.13 Å². The number of nitriles is 2. The van der Waals surface area contributed by atoms with E-state index in [1.54, 1.807) is 0 Å². The number of nitrogens with zero attached hydrogens (tertiary/aromatic N) is 4. The van der Waals surface area contributed by atoms with E-state index >= 15 is 0 Å². The van der Waals surface area contributed by atoms with Gasteiger partial charge in [-0.15, -0.1) is 0 Å². The molecule has 0 bridgehead atoms. The molecule has 0 N–H and O–H groups in total. The fourth-order valence-electron chi connectivity index (χ4n) is 7.68. The molecule has 1 unspecified atom stereocenters. The summed E-state index contributed by atoms with van der Waals surface area (Å²) in [6, 6.07) is 50.9. The Bertz CT molecular complexity index is 2730. The predicted octanol–water partition coefficient (Wildman–Crippen LogP) is 11.0. The first-order chi connectivity index (χ1) is 24.1. The average Bonchev–Trinajstić information content (AvgIpc) is 3.66. The number of allylic oxidation sites excluding steroid dienone is 1. The first-order valence-corrected chi connectivity index (χ1v) is 16.6. The molecule has 4 nitrogen and oxygen atoms in total. The molecule has 0 saturated carbocycles. The number of benzene rings is 6. The lowest BCUT2D eigenvalue weighted by Gasteiger charge is -2.20. The SMILES string of the molecule is CC1C=Cc2c(c3ccccc3n2-c2ccc(-c3ccccc3)cc2-c2ccc(-n3c4ccccc4c4cc(C#N)ccc43)c(C#N)c2)C1. The highest BCUT2D eigenvalue weighted by Crippen LogP contribution is 2.41. The average molecular weight is 627 g/mol. The Hall–Kier alpha value is -6.62. The van der Waals surface area contributed by atoms with Gasteiger partial charge in [0.2, 0.25) is 0 Å². The minimum atomic E-state index is 0.477. The molecule has 0 spiro atoms. The van der Waals surface area contributed by atoms with Gasteiger partial charge in [0.15, 0.2) is 0 Å². The first kappa shape index (κ1) is 28.6. The van der Waals surface area contributed by atoms with Crippen LogP contribution in [-0.2, 0) is 6.42 Å². The summed E-state index contributed by atoms with van der Waals surface area (Å²) in [5, 5.41) is 23.7. The number of para-hydroxylation sites is 2. The second-order valence-corrected chi connectivity index (χ2v) is 12.9. The fraction of sp³-hybridized carbons (Fsp3) is 0.0667. The van der Waals surface area contributed by atoms with Gasteiger partial charge in [-0.1, -0.05) is 91.9 Å². The van der Waals surface area contributed by atoms with E-state index in [2.05, 4.69) is 131 Å². The summed E-state index contributed by atoms with van der Waals surface area (Å²) in [6.45, 7) is 2.27. The molecule has 6 aromatic carbocycles. The Balaban J connectivity index is 1.30. The summed E-state index contributed by atoms with van der Waals surface area (Å²) in [7, 11) is 0.